The van der Waals surface area contributed by atoms with Crippen molar-refractivity contribution < 1.29 is 14.3 Å². The van der Waals surface area contributed by atoms with E-state index in [0.29, 0.717) is 29.8 Å². The minimum atomic E-state index is -0.196. The number of amides is 2. The van der Waals surface area contributed by atoms with Gasteiger partial charge in [0.25, 0.3) is 0 Å². The third-order valence-electron chi connectivity index (χ3n) is 4.36. The molecule has 1 aromatic carbocycles. The fourth-order valence-corrected chi connectivity index (χ4v) is 2.93. The van der Waals surface area contributed by atoms with Gasteiger partial charge in [0.2, 0.25) is 5.88 Å². The number of nitrogens with one attached hydrogen (secondary N) is 2. The topological polar surface area (TPSA) is 72.5 Å². The van der Waals surface area contributed by atoms with Crippen molar-refractivity contribution in [2.24, 2.45) is 5.92 Å². The molecule has 2 aromatic rings. The third-order valence-corrected chi connectivity index (χ3v) is 4.36. The van der Waals surface area contributed by atoms with Gasteiger partial charge < -0.3 is 20.1 Å². The van der Waals surface area contributed by atoms with Crippen LogP contribution in [0, 0.1) is 12.8 Å². The number of pyridine rings is 1. The molecule has 1 fully saturated rings. The highest BCUT2D eigenvalue weighted by atomic mass is 16.5. The Hall–Kier alpha value is -2.60. The van der Waals surface area contributed by atoms with Crippen molar-refractivity contribution in [3.8, 4) is 11.6 Å². The number of hydrogen-bond donors (Lipinski definition) is 2. The molecule has 0 saturated carbocycles. The third kappa shape index (κ3) is 5.46. The minimum Gasteiger partial charge on any atom is -0.439 e. The zero-order valence-electron chi connectivity index (χ0n) is 15.2. The number of rotatable bonds is 5. The van der Waals surface area contributed by atoms with Crippen molar-refractivity contribution in [2.45, 2.75) is 32.8 Å². The van der Waals surface area contributed by atoms with Crippen LogP contribution in [0.2, 0.25) is 0 Å². The number of aryl methyl sites for hydroxylation is 1. The first-order chi connectivity index (χ1) is 12.6. The second-order valence-electron chi connectivity index (χ2n) is 6.71. The van der Waals surface area contributed by atoms with E-state index in [1.165, 1.54) is 0 Å². The fraction of sp³-hybridized carbons (Fsp3) is 0.400. The molecule has 6 heteroatoms. The van der Waals surface area contributed by atoms with Gasteiger partial charge in [-0.05, 0) is 62.4 Å². The van der Waals surface area contributed by atoms with E-state index >= 15 is 0 Å². The van der Waals surface area contributed by atoms with E-state index in [0.717, 1.165) is 25.0 Å². The van der Waals surface area contributed by atoms with Crippen LogP contribution < -0.4 is 15.4 Å². The van der Waals surface area contributed by atoms with E-state index < -0.39 is 0 Å². The molecule has 2 amide bonds. The van der Waals surface area contributed by atoms with Crippen molar-refractivity contribution in [2.75, 3.05) is 18.5 Å². The zero-order valence-corrected chi connectivity index (χ0v) is 15.2. The summed E-state index contributed by atoms with van der Waals surface area (Å²) in [7, 11) is 0. The molecule has 0 bridgehead atoms. The summed E-state index contributed by atoms with van der Waals surface area (Å²) in [4.78, 5) is 16.3. The van der Waals surface area contributed by atoms with Gasteiger partial charge in [0, 0.05) is 31.1 Å². The predicted octanol–water partition coefficient (Wildman–Crippen LogP) is 4.12. The van der Waals surface area contributed by atoms with Gasteiger partial charge in [0.05, 0.1) is 6.10 Å². The van der Waals surface area contributed by atoms with Crippen LogP contribution in [-0.2, 0) is 4.74 Å². The molecule has 138 valence electrons. The molecular formula is C20H25N3O3. The number of ether oxygens (including phenoxy) is 2. The van der Waals surface area contributed by atoms with Crippen LogP contribution in [0.25, 0.3) is 0 Å². The van der Waals surface area contributed by atoms with Crippen LogP contribution in [-0.4, -0.2) is 30.3 Å². The lowest BCUT2D eigenvalue weighted by Crippen LogP contribution is -2.36. The number of benzene rings is 1. The maximum atomic E-state index is 12.0. The molecule has 6 nitrogen and oxygen atoms in total. The highest BCUT2D eigenvalue weighted by Crippen LogP contribution is 2.22. The van der Waals surface area contributed by atoms with Crippen LogP contribution in [0.15, 0.2) is 42.6 Å². The molecule has 0 radical (unpaired) electrons. The summed E-state index contributed by atoms with van der Waals surface area (Å²) >= 11 is 0. The molecular weight excluding hydrogens is 330 g/mol. The summed E-state index contributed by atoms with van der Waals surface area (Å²) in [6.45, 7) is 5.49. The lowest BCUT2D eigenvalue weighted by molar-refractivity contribution is 0.00354. The van der Waals surface area contributed by atoms with Crippen LogP contribution in [0.3, 0.4) is 0 Å². The molecule has 0 spiro atoms. The fourth-order valence-electron chi connectivity index (χ4n) is 2.93. The van der Waals surface area contributed by atoms with E-state index in [1.54, 1.807) is 30.5 Å². The summed E-state index contributed by atoms with van der Waals surface area (Å²) in [5, 5.41) is 5.77. The quantitative estimate of drug-likeness (QED) is 0.846. The molecule has 1 aliphatic rings. The molecule has 1 saturated heterocycles. The average Bonchev–Trinajstić information content (AvgIpc) is 2.64. The molecule has 0 aliphatic carbocycles. The highest BCUT2D eigenvalue weighted by molar-refractivity contribution is 5.89. The van der Waals surface area contributed by atoms with Gasteiger partial charge in [-0.25, -0.2) is 9.78 Å². The van der Waals surface area contributed by atoms with Gasteiger partial charge in [0.15, 0.2) is 0 Å². The largest absolute Gasteiger partial charge is 0.439 e. The van der Waals surface area contributed by atoms with Crippen molar-refractivity contribution in [3.05, 3.63) is 48.2 Å². The van der Waals surface area contributed by atoms with Crippen LogP contribution >= 0.6 is 0 Å². The van der Waals surface area contributed by atoms with E-state index in [4.69, 9.17) is 9.47 Å². The monoisotopic (exact) mass is 355 g/mol. The number of nitrogens with zero attached hydrogens (tertiary/aromatic N) is 1. The molecule has 2 atom stereocenters. The van der Waals surface area contributed by atoms with Crippen LogP contribution in [0.4, 0.5) is 10.5 Å². The lowest BCUT2D eigenvalue weighted by Gasteiger charge is -2.27. The Morgan fingerprint density at radius 3 is 2.77 bits per heavy atom. The number of anilines is 1. The number of hydrogen-bond acceptors (Lipinski definition) is 4. The van der Waals surface area contributed by atoms with Crippen molar-refractivity contribution >= 4 is 11.7 Å². The normalized spacial score (nSPS) is 19.6. The first-order valence-corrected chi connectivity index (χ1v) is 8.95. The second kappa shape index (κ2) is 8.67. The average molecular weight is 355 g/mol. The van der Waals surface area contributed by atoms with Crippen molar-refractivity contribution in [3.63, 3.8) is 0 Å². The van der Waals surface area contributed by atoms with Crippen LogP contribution in [0.1, 0.15) is 25.3 Å². The maximum absolute atomic E-state index is 12.0. The molecule has 1 aromatic heterocycles. The van der Waals surface area contributed by atoms with E-state index in [9.17, 15) is 4.79 Å². The minimum absolute atomic E-state index is 0.196. The second-order valence-corrected chi connectivity index (χ2v) is 6.71. The molecule has 26 heavy (non-hydrogen) atoms. The SMILES string of the molecule is Cc1ccc(Oc2ccc(NC(=O)NC[C@@H]3CCO[C@@H](C)C3)cc2)nc1. The summed E-state index contributed by atoms with van der Waals surface area (Å²) in [6.07, 6.45) is 4.01. The van der Waals surface area contributed by atoms with Gasteiger partial charge in [-0.1, -0.05) is 6.07 Å². The Labute approximate surface area is 153 Å². The molecule has 3 rings (SSSR count). The van der Waals surface area contributed by atoms with Crippen molar-refractivity contribution in [1.82, 2.24) is 10.3 Å². The van der Waals surface area contributed by atoms with E-state index in [2.05, 4.69) is 22.5 Å². The van der Waals surface area contributed by atoms with Gasteiger partial charge >= 0.3 is 6.03 Å². The van der Waals surface area contributed by atoms with Crippen molar-refractivity contribution in [1.29, 1.82) is 0 Å². The van der Waals surface area contributed by atoms with E-state index in [1.807, 2.05) is 19.1 Å². The Bertz CT molecular complexity index is 716. The zero-order chi connectivity index (χ0) is 18.4. The number of urea groups is 1. The standard InChI is InChI=1S/C20H25N3O3/c1-14-3-8-19(21-12-14)26-18-6-4-17(5-7-18)23-20(24)22-13-16-9-10-25-15(2)11-16/h3-8,12,15-16H,9-11,13H2,1-2H3,(H2,22,23,24)/t15-,16+/m0/s1. The van der Waals surface area contributed by atoms with E-state index in [-0.39, 0.29) is 12.1 Å². The summed E-state index contributed by atoms with van der Waals surface area (Å²) in [6, 6.07) is 10.8. The van der Waals surface area contributed by atoms with Gasteiger partial charge in [-0.2, -0.15) is 0 Å². The summed E-state index contributed by atoms with van der Waals surface area (Å²) in [5.41, 5.74) is 1.80. The first-order valence-electron chi connectivity index (χ1n) is 8.95. The number of aromatic nitrogens is 1. The molecule has 2 N–H and O–H groups in total. The molecule has 1 aliphatic heterocycles. The highest BCUT2D eigenvalue weighted by Gasteiger charge is 2.19. The maximum Gasteiger partial charge on any atom is 0.319 e. The molecule has 2 heterocycles. The Balaban J connectivity index is 1.46. The van der Waals surface area contributed by atoms with Crippen LogP contribution in [0.5, 0.6) is 11.6 Å². The Morgan fingerprint density at radius 1 is 1.27 bits per heavy atom. The first kappa shape index (κ1) is 18.2. The van der Waals surface area contributed by atoms with Gasteiger partial charge in [0.1, 0.15) is 5.75 Å². The van der Waals surface area contributed by atoms with Gasteiger partial charge in [-0.3, -0.25) is 0 Å². The smallest absolute Gasteiger partial charge is 0.319 e. The van der Waals surface area contributed by atoms with Gasteiger partial charge in [-0.15, -0.1) is 0 Å². The molecule has 0 unspecified atom stereocenters. The summed E-state index contributed by atoms with van der Waals surface area (Å²) in [5.74, 6) is 1.69. The number of carbonyl (C=O) groups is 1. The predicted molar refractivity (Wildman–Crippen MR) is 101 cm³/mol. The Morgan fingerprint density at radius 2 is 2.08 bits per heavy atom. The lowest BCUT2D eigenvalue weighted by atomic mass is 9.96. The number of carbonyl (C=O) groups excluding carboxylic acids is 1. The Kier molecular flexibility index (Phi) is 6.07. The summed E-state index contributed by atoms with van der Waals surface area (Å²) < 4.78 is 11.2.